The summed E-state index contributed by atoms with van der Waals surface area (Å²) in [5.41, 5.74) is 7.26. The van der Waals surface area contributed by atoms with Gasteiger partial charge in [-0.1, -0.05) is 6.07 Å². The van der Waals surface area contributed by atoms with Crippen molar-refractivity contribution in [1.29, 1.82) is 0 Å². The summed E-state index contributed by atoms with van der Waals surface area (Å²) < 4.78 is 0. The van der Waals surface area contributed by atoms with Crippen LogP contribution in [-0.2, 0) is 0 Å². The quantitative estimate of drug-likeness (QED) is 0.664. The molecule has 6 heteroatoms. The van der Waals surface area contributed by atoms with Gasteiger partial charge in [-0.05, 0) is 32.0 Å². The van der Waals surface area contributed by atoms with Crippen molar-refractivity contribution in [2.24, 2.45) is 5.10 Å². The molecule has 1 aromatic heterocycles. The zero-order chi connectivity index (χ0) is 13.8. The van der Waals surface area contributed by atoms with Gasteiger partial charge < -0.3 is 5.11 Å². The Bertz CT molecular complexity index is 634. The number of anilines is 1. The third kappa shape index (κ3) is 3.17. The normalized spacial score (nSPS) is 11.4. The van der Waals surface area contributed by atoms with Gasteiger partial charge in [0.05, 0.1) is 33.0 Å². The van der Waals surface area contributed by atoms with Crippen LogP contribution in [0.4, 0.5) is 5.69 Å². The number of nitrogens with one attached hydrogen (secondary N) is 1. The van der Waals surface area contributed by atoms with E-state index >= 15 is 0 Å². The molecule has 0 spiro atoms. The van der Waals surface area contributed by atoms with Crippen LogP contribution in [0.3, 0.4) is 0 Å². The molecule has 0 aliphatic rings. The highest BCUT2D eigenvalue weighted by atomic mass is 32.1. The van der Waals surface area contributed by atoms with E-state index in [2.05, 4.69) is 15.5 Å². The number of hydrogen-bond acceptors (Lipinski definition) is 5. The number of carbonyl (C=O) groups is 1. The fourth-order valence-corrected chi connectivity index (χ4v) is 2.33. The molecule has 0 amide bonds. The van der Waals surface area contributed by atoms with Crippen molar-refractivity contribution < 1.29 is 9.90 Å². The van der Waals surface area contributed by atoms with Gasteiger partial charge in [0.15, 0.2) is 0 Å². The van der Waals surface area contributed by atoms with Crippen LogP contribution in [0.25, 0.3) is 0 Å². The molecule has 0 aliphatic carbocycles. The van der Waals surface area contributed by atoms with E-state index in [0.717, 1.165) is 16.3 Å². The third-order valence-corrected chi connectivity index (χ3v) is 3.57. The number of benzene rings is 1. The summed E-state index contributed by atoms with van der Waals surface area (Å²) >= 11 is 1.52. The zero-order valence-corrected chi connectivity index (χ0v) is 11.4. The maximum atomic E-state index is 10.9. The molecule has 1 aromatic carbocycles. The molecule has 19 heavy (non-hydrogen) atoms. The maximum Gasteiger partial charge on any atom is 0.335 e. The number of rotatable bonds is 4. The second-order valence-corrected chi connectivity index (χ2v) is 4.82. The lowest BCUT2D eigenvalue weighted by atomic mass is 10.2. The molecule has 2 N–H and O–H groups in total. The Morgan fingerprint density at radius 2 is 2.26 bits per heavy atom. The topological polar surface area (TPSA) is 74.6 Å². The molecule has 0 unspecified atom stereocenters. The molecule has 2 aromatic rings. The lowest BCUT2D eigenvalue weighted by Crippen LogP contribution is -2.01. The van der Waals surface area contributed by atoms with E-state index in [1.807, 2.05) is 13.8 Å². The highest BCUT2D eigenvalue weighted by molar-refractivity contribution is 7.12. The molecule has 2 rings (SSSR count). The fraction of sp³-hybridized carbons (Fsp3) is 0.154. The SMILES string of the molecule is CC(=NNc1cccc(C(=O)O)c1)c1scnc1C. The van der Waals surface area contributed by atoms with Crippen LogP contribution in [0.2, 0.25) is 0 Å². The number of hydrazone groups is 1. The van der Waals surface area contributed by atoms with E-state index in [9.17, 15) is 4.79 Å². The molecule has 5 nitrogen and oxygen atoms in total. The highest BCUT2D eigenvalue weighted by Crippen LogP contribution is 2.15. The minimum absolute atomic E-state index is 0.229. The summed E-state index contributed by atoms with van der Waals surface area (Å²) in [5, 5.41) is 13.1. The summed E-state index contributed by atoms with van der Waals surface area (Å²) in [6.07, 6.45) is 0. The van der Waals surface area contributed by atoms with Crippen LogP contribution >= 0.6 is 11.3 Å². The summed E-state index contributed by atoms with van der Waals surface area (Å²) in [5.74, 6) is -0.956. The van der Waals surface area contributed by atoms with Crippen LogP contribution in [0, 0.1) is 6.92 Å². The molecule has 1 heterocycles. The first-order chi connectivity index (χ1) is 9.08. The van der Waals surface area contributed by atoms with Crippen molar-refractivity contribution in [3.05, 3.63) is 45.9 Å². The lowest BCUT2D eigenvalue weighted by molar-refractivity contribution is 0.0697. The van der Waals surface area contributed by atoms with E-state index in [1.165, 1.54) is 17.4 Å². The number of aromatic nitrogens is 1. The Balaban J connectivity index is 2.16. The van der Waals surface area contributed by atoms with Gasteiger partial charge in [0.2, 0.25) is 0 Å². The van der Waals surface area contributed by atoms with E-state index < -0.39 is 5.97 Å². The van der Waals surface area contributed by atoms with Crippen molar-refractivity contribution in [3.63, 3.8) is 0 Å². The summed E-state index contributed by atoms with van der Waals surface area (Å²) in [6, 6.07) is 6.52. The van der Waals surface area contributed by atoms with Crippen molar-refractivity contribution in [2.75, 3.05) is 5.43 Å². The smallest absolute Gasteiger partial charge is 0.335 e. The minimum atomic E-state index is -0.956. The van der Waals surface area contributed by atoms with E-state index in [4.69, 9.17) is 5.11 Å². The average molecular weight is 275 g/mol. The first kappa shape index (κ1) is 13.2. The second kappa shape index (κ2) is 5.62. The highest BCUT2D eigenvalue weighted by Gasteiger charge is 2.05. The van der Waals surface area contributed by atoms with Gasteiger partial charge in [-0.25, -0.2) is 9.78 Å². The molecule has 0 saturated carbocycles. The number of carboxylic acid groups (broad SMARTS) is 1. The van der Waals surface area contributed by atoms with Gasteiger partial charge in [-0.2, -0.15) is 5.10 Å². The lowest BCUT2D eigenvalue weighted by Gasteiger charge is -2.03. The predicted molar refractivity (Wildman–Crippen MR) is 76.1 cm³/mol. The number of nitrogens with zero attached hydrogens (tertiary/aromatic N) is 2. The first-order valence-electron chi connectivity index (χ1n) is 5.62. The molecule has 0 saturated heterocycles. The molecule has 98 valence electrons. The van der Waals surface area contributed by atoms with E-state index in [-0.39, 0.29) is 5.56 Å². The molecular weight excluding hydrogens is 262 g/mol. The number of carboxylic acids is 1. The van der Waals surface area contributed by atoms with Gasteiger partial charge in [-0.15, -0.1) is 11.3 Å². The predicted octanol–water partition coefficient (Wildman–Crippen LogP) is 2.99. The van der Waals surface area contributed by atoms with Gasteiger partial charge in [0.25, 0.3) is 0 Å². The number of hydrogen-bond donors (Lipinski definition) is 2. The van der Waals surface area contributed by atoms with Crippen LogP contribution in [0.1, 0.15) is 27.9 Å². The van der Waals surface area contributed by atoms with Crippen LogP contribution < -0.4 is 5.43 Å². The van der Waals surface area contributed by atoms with Gasteiger partial charge in [-0.3, -0.25) is 5.43 Å². The molecule has 0 fully saturated rings. The van der Waals surface area contributed by atoms with Gasteiger partial charge in [0, 0.05) is 0 Å². The Morgan fingerprint density at radius 3 is 2.89 bits per heavy atom. The fourth-order valence-electron chi connectivity index (χ4n) is 1.57. The average Bonchev–Trinajstić information content (AvgIpc) is 2.82. The zero-order valence-electron chi connectivity index (χ0n) is 10.5. The van der Waals surface area contributed by atoms with Crippen molar-refractivity contribution in [1.82, 2.24) is 4.98 Å². The second-order valence-electron chi connectivity index (χ2n) is 3.96. The Morgan fingerprint density at radius 1 is 1.47 bits per heavy atom. The van der Waals surface area contributed by atoms with Gasteiger partial charge in [0.1, 0.15) is 0 Å². The van der Waals surface area contributed by atoms with Crippen LogP contribution in [-0.4, -0.2) is 21.8 Å². The minimum Gasteiger partial charge on any atom is -0.478 e. The third-order valence-electron chi connectivity index (χ3n) is 2.54. The van der Waals surface area contributed by atoms with Crippen LogP contribution in [0.15, 0.2) is 34.9 Å². The van der Waals surface area contributed by atoms with Crippen molar-refractivity contribution in [2.45, 2.75) is 13.8 Å². The summed E-state index contributed by atoms with van der Waals surface area (Å²) in [4.78, 5) is 16.0. The standard InChI is InChI=1S/C13H13N3O2S/c1-8-12(19-7-14-8)9(2)15-16-11-5-3-4-10(6-11)13(17)18/h3-7,16H,1-2H3,(H,17,18). The van der Waals surface area contributed by atoms with E-state index in [1.54, 1.807) is 23.7 Å². The Kier molecular flexibility index (Phi) is 3.91. The number of aryl methyl sites for hydroxylation is 1. The maximum absolute atomic E-state index is 10.9. The van der Waals surface area contributed by atoms with Crippen LogP contribution in [0.5, 0.6) is 0 Å². The van der Waals surface area contributed by atoms with Crippen molar-refractivity contribution >= 4 is 28.7 Å². The first-order valence-corrected chi connectivity index (χ1v) is 6.50. The molecule has 0 atom stereocenters. The summed E-state index contributed by atoms with van der Waals surface area (Å²) in [7, 11) is 0. The van der Waals surface area contributed by atoms with Gasteiger partial charge >= 0.3 is 5.97 Å². The largest absolute Gasteiger partial charge is 0.478 e. The Hall–Kier alpha value is -2.21. The number of thiazole rings is 1. The molecule has 0 aliphatic heterocycles. The molecule has 0 bridgehead atoms. The summed E-state index contributed by atoms with van der Waals surface area (Å²) in [6.45, 7) is 3.81. The Labute approximate surface area is 114 Å². The molecule has 0 radical (unpaired) electrons. The number of aromatic carboxylic acids is 1. The van der Waals surface area contributed by atoms with E-state index in [0.29, 0.717) is 5.69 Å². The van der Waals surface area contributed by atoms with Crippen molar-refractivity contribution in [3.8, 4) is 0 Å². The monoisotopic (exact) mass is 275 g/mol. The molecular formula is C13H13N3O2S.